The Morgan fingerprint density at radius 3 is 2.56 bits per heavy atom. The highest BCUT2D eigenvalue weighted by atomic mass is 79.9. The summed E-state index contributed by atoms with van der Waals surface area (Å²) in [6, 6.07) is 7.81. The van der Waals surface area contributed by atoms with E-state index in [4.69, 9.17) is 9.47 Å². The van der Waals surface area contributed by atoms with Gasteiger partial charge in [0, 0.05) is 62.4 Å². The van der Waals surface area contributed by atoms with Crippen molar-refractivity contribution in [1.29, 1.82) is 0 Å². The average molecular weight is 508 g/mol. The van der Waals surface area contributed by atoms with Crippen molar-refractivity contribution in [2.75, 3.05) is 59.0 Å². The van der Waals surface area contributed by atoms with Crippen molar-refractivity contribution in [2.45, 2.75) is 38.2 Å². The van der Waals surface area contributed by atoms with Crippen LogP contribution in [-0.4, -0.2) is 91.6 Å². The number of piperidine rings is 1. The fraction of sp³-hybridized carbons (Fsp3) is 0.667. The molecule has 0 unspecified atom stereocenters. The van der Waals surface area contributed by atoms with Gasteiger partial charge in [-0.25, -0.2) is 0 Å². The first-order chi connectivity index (χ1) is 15.6. The van der Waals surface area contributed by atoms with E-state index in [1.165, 1.54) is 12.8 Å². The zero-order valence-electron chi connectivity index (χ0n) is 18.7. The number of amides is 2. The van der Waals surface area contributed by atoms with E-state index in [2.05, 4.69) is 20.8 Å². The molecule has 1 aromatic carbocycles. The van der Waals surface area contributed by atoms with Gasteiger partial charge in [0.2, 0.25) is 11.8 Å². The fourth-order valence-electron chi connectivity index (χ4n) is 4.89. The smallest absolute Gasteiger partial charge is 0.223 e. The molecule has 0 aliphatic carbocycles. The minimum Gasteiger partial charge on any atom is -0.490 e. The Bertz CT molecular complexity index is 780. The number of carbonyl (C=O) groups is 2. The Hall–Kier alpha value is -1.64. The van der Waals surface area contributed by atoms with E-state index in [1.54, 1.807) is 0 Å². The summed E-state index contributed by atoms with van der Waals surface area (Å²) in [6.45, 7) is 6.77. The van der Waals surface area contributed by atoms with Gasteiger partial charge in [0.05, 0.1) is 13.2 Å². The molecule has 3 heterocycles. The van der Waals surface area contributed by atoms with Crippen LogP contribution in [0.2, 0.25) is 0 Å². The molecule has 32 heavy (non-hydrogen) atoms. The summed E-state index contributed by atoms with van der Waals surface area (Å²) in [5, 5.41) is 0. The molecule has 3 aliphatic rings. The van der Waals surface area contributed by atoms with Crippen molar-refractivity contribution < 1.29 is 19.1 Å². The van der Waals surface area contributed by atoms with E-state index in [0.29, 0.717) is 52.2 Å². The molecule has 2 atom stereocenters. The molecule has 3 aliphatic heterocycles. The van der Waals surface area contributed by atoms with Crippen LogP contribution in [0, 0.1) is 5.92 Å². The number of rotatable bonds is 7. The van der Waals surface area contributed by atoms with Crippen molar-refractivity contribution in [3.63, 3.8) is 0 Å². The van der Waals surface area contributed by atoms with Crippen molar-refractivity contribution in [3.05, 3.63) is 28.7 Å². The zero-order chi connectivity index (χ0) is 22.3. The van der Waals surface area contributed by atoms with E-state index < -0.39 is 0 Å². The van der Waals surface area contributed by atoms with Gasteiger partial charge in [0.1, 0.15) is 11.9 Å². The van der Waals surface area contributed by atoms with Crippen molar-refractivity contribution in [2.24, 2.45) is 5.92 Å². The molecule has 176 valence electrons. The minimum atomic E-state index is -0.0862. The highest BCUT2D eigenvalue weighted by Crippen LogP contribution is 2.28. The number of nitrogens with zero attached hydrogens (tertiary/aromatic N) is 3. The second-order valence-corrected chi connectivity index (χ2v) is 9.91. The van der Waals surface area contributed by atoms with Crippen molar-refractivity contribution in [3.8, 4) is 5.75 Å². The summed E-state index contributed by atoms with van der Waals surface area (Å²) in [7, 11) is 0. The topological polar surface area (TPSA) is 62.3 Å². The molecule has 0 radical (unpaired) electrons. The quantitative estimate of drug-likeness (QED) is 0.567. The monoisotopic (exact) mass is 507 g/mol. The Balaban J connectivity index is 1.39. The van der Waals surface area contributed by atoms with Gasteiger partial charge < -0.3 is 24.2 Å². The van der Waals surface area contributed by atoms with Gasteiger partial charge in [-0.2, -0.15) is 0 Å². The molecule has 3 fully saturated rings. The Morgan fingerprint density at radius 2 is 1.81 bits per heavy atom. The van der Waals surface area contributed by atoms with Gasteiger partial charge in [-0.3, -0.25) is 9.59 Å². The number of hydrogen-bond donors (Lipinski definition) is 0. The number of likely N-dealkylation sites (tertiary alicyclic amines) is 2. The van der Waals surface area contributed by atoms with Crippen LogP contribution in [0.4, 0.5) is 0 Å². The Morgan fingerprint density at radius 1 is 1.03 bits per heavy atom. The van der Waals surface area contributed by atoms with E-state index in [9.17, 15) is 9.59 Å². The molecule has 3 saturated heterocycles. The number of ether oxygens (including phenoxy) is 2. The van der Waals surface area contributed by atoms with Gasteiger partial charge in [-0.1, -0.05) is 22.0 Å². The Kier molecular flexibility index (Phi) is 8.43. The summed E-state index contributed by atoms with van der Waals surface area (Å²) < 4.78 is 12.7. The molecule has 2 amide bonds. The number of halogens is 1. The maximum Gasteiger partial charge on any atom is 0.223 e. The standard InChI is InChI=1S/C24H34BrN3O4/c25-20-4-3-5-21(17-20)32-22-6-11-28(23(29)7-10-26-8-1-2-9-26)18-19(22)16-24(30)27-12-14-31-15-13-27/h3-5,17,19,22H,1-2,6-16,18H2/t19-,22-/m0/s1. The van der Waals surface area contributed by atoms with Crippen LogP contribution in [0.1, 0.15) is 32.1 Å². The first kappa shape index (κ1) is 23.5. The molecule has 4 rings (SSSR count). The molecule has 1 aromatic rings. The van der Waals surface area contributed by atoms with Gasteiger partial charge >= 0.3 is 0 Å². The van der Waals surface area contributed by atoms with E-state index in [-0.39, 0.29) is 23.8 Å². The zero-order valence-corrected chi connectivity index (χ0v) is 20.3. The molecule has 0 saturated carbocycles. The minimum absolute atomic E-state index is 0.0196. The normalized spacial score (nSPS) is 24.5. The van der Waals surface area contributed by atoms with Crippen LogP contribution in [0.25, 0.3) is 0 Å². The predicted molar refractivity (Wildman–Crippen MR) is 126 cm³/mol. The summed E-state index contributed by atoms with van der Waals surface area (Å²) in [5.41, 5.74) is 0. The summed E-state index contributed by atoms with van der Waals surface area (Å²) in [5.74, 6) is 1.10. The number of carbonyl (C=O) groups excluding carboxylic acids is 2. The lowest BCUT2D eigenvalue weighted by atomic mass is 9.90. The SMILES string of the molecule is O=C(C[C@H]1CN(C(=O)CCN2CCCC2)CC[C@@H]1Oc1cccc(Br)c1)N1CCOCC1. The third kappa shape index (κ3) is 6.45. The molecule has 7 nitrogen and oxygen atoms in total. The molecule has 0 N–H and O–H groups in total. The van der Waals surface area contributed by atoms with E-state index in [1.807, 2.05) is 34.1 Å². The van der Waals surface area contributed by atoms with Crippen LogP contribution in [-0.2, 0) is 14.3 Å². The summed E-state index contributed by atoms with van der Waals surface area (Å²) >= 11 is 3.50. The first-order valence-electron chi connectivity index (χ1n) is 11.9. The number of hydrogen-bond acceptors (Lipinski definition) is 5. The molecular weight excluding hydrogens is 474 g/mol. The Labute approximate surface area is 199 Å². The second kappa shape index (κ2) is 11.5. The first-order valence-corrected chi connectivity index (χ1v) is 12.7. The maximum atomic E-state index is 13.0. The maximum absolute atomic E-state index is 13.0. The van der Waals surface area contributed by atoms with Crippen LogP contribution in [0.5, 0.6) is 5.75 Å². The number of benzene rings is 1. The lowest BCUT2D eigenvalue weighted by Gasteiger charge is -2.39. The van der Waals surface area contributed by atoms with Gasteiger partial charge in [-0.15, -0.1) is 0 Å². The molecule has 0 spiro atoms. The highest BCUT2D eigenvalue weighted by Gasteiger charge is 2.35. The average Bonchev–Trinajstić information content (AvgIpc) is 3.33. The molecular formula is C24H34BrN3O4. The predicted octanol–water partition coefficient (Wildman–Crippen LogP) is 2.78. The third-order valence-corrected chi connectivity index (χ3v) is 7.23. The second-order valence-electron chi connectivity index (χ2n) is 9.00. The molecule has 0 aromatic heterocycles. The summed E-state index contributed by atoms with van der Waals surface area (Å²) in [6.07, 6.45) is 4.08. The van der Waals surface area contributed by atoms with Gasteiger partial charge in [0.15, 0.2) is 0 Å². The molecule has 8 heteroatoms. The lowest BCUT2D eigenvalue weighted by molar-refractivity contribution is -0.141. The van der Waals surface area contributed by atoms with Crippen LogP contribution in [0.3, 0.4) is 0 Å². The lowest BCUT2D eigenvalue weighted by Crippen LogP contribution is -2.50. The fourth-order valence-corrected chi connectivity index (χ4v) is 5.27. The van der Waals surface area contributed by atoms with E-state index in [0.717, 1.165) is 36.3 Å². The molecule has 0 bridgehead atoms. The third-order valence-electron chi connectivity index (χ3n) is 6.74. The van der Waals surface area contributed by atoms with E-state index >= 15 is 0 Å². The number of morpholine rings is 1. The largest absolute Gasteiger partial charge is 0.490 e. The van der Waals surface area contributed by atoms with Crippen LogP contribution in [0.15, 0.2) is 28.7 Å². The van der Waals surface area contributed by atoms with Crippen LogP contribution >= 0.6 is 15.9 Å². The van der Waals surface area contributed by atoms with Crippen LogP contribution < -0.4 is 4.74 Å². The van der Waals surface area contributed by atoms with Crippen molar-refractivity contribution >= 4 is 27.7 Å². The highest BCUT2D eigenvalue weighted by molar-refractivity contribution is 9.10. The summed E-state index contributed by atoms with van der Waals surface area (Å²) in [4.78, 5) is 32.1. The van der Waals surface area contributed by atoms with Gasteiger partial charge in [0.25, 0.3) is 0 Å². The van der Waals surface area contributed by atoms with Gasteiger partial charge in [-0.05, 0) is 44.1 Å². The van der Waals surface area contributed by atoms with Crippen molar-refractivity contribution in [1.82, 2.24) is 14.7 Å².